The predicted octanol–water partition coefficient (Wildman–Crippen LogP) is 2.82. The Morgan fingerprint density at radius 1 is 1.10 bits per heavy atom. The van der Waals surface area contributed by atoms with Crippen molar-refractivity contribution in [3.05, 3.63) is 29.8 Å². The number of hydrogen-bond donors (Lipinski definition) is 1. The summed E-state index contributed by atoms with van der Waals surface area (Å²) in [6.07, 6.45) is 2.83. The molecule has 4 heteroatoms. The maximum Gasteiger partial charge on any atom is 0.221 e. The van der Waals surface area contributed by atoms with Crippen molar-refractivity contribution in [1.29, 1.82) is 0 Å². The maximum atomic E-state index is 11.9. The van der Waals surface area contributed by atoms with Gasteiger partial charge in [0.1, 0.15) is 5.75 Å². The summed E-state index contributed by atoms with van der Waals surface area (Å²) < 4.78 is 5.11. The SMILES string of the molecule is CCCN(CCC)CCC(=O)NCc1ccc(OC)cc1. The van der Waals surface area contributed by atoms with E-state index in [2.05, 4.69) is 24.1 Å². The molecule has 0 spiro atoms. The first-order chi connectivity index (χ1) is 10.2. The van der Waals surface area contributed by atoms with Crippen LogP contribution in [0.5, 0.6) is 5.75 Å². The van der Waals surface area contributed by atoms with Crippen molar-refractivity contribution >= 4 is 5.91 Å². The van der Waals surface area contributed by atoms with Gasteiger partial charge in [-0.15, -0.1) is 0 Å². The van der Waals surface area contributed by atoms with Crippen LogP contribution in [0.15, 0.2) is 24.3 Å². The van der Waals surface area contributed by atoms with Gasteiger partial charge in [0.25, 0.3) is 0 Å². The van der Waals surface area contributed by atoms with E-state index < -0.39 is 0 Å². The number of nitrogens with zero attached hydrogens (tertiary/aromatic N) is 1. The molecule has 1 rings (SSSR count). The van der Waals surface area contributed by atoms with Gasteiger partial charge in [-0.25, -0.2) is 0 Å². The summed E-state index contributed by atoms with van der Waals surface area (Å²) in [5.41, 5.74) is 1.09. The van der Waals surface area contributed by atoms with Gasteiger partial charge in [0.05, 0.1) is 7.11 Å². The number of carbonyl (C=O) groups is 1. The quantitative estimate of drug-likeness (QED) is 0.721. The molecular formula is C17H28N2O2. The van der Waals surface area contributed by atoms with Crippen molar-refractivity contribution < 1.29 is 9.53 Å². The molecule has 1 amide bonds. The van der Waals surface area contributed by atoms with Gasteiger partial charge in [-0.05, 0) is 43.6 Å². The zero-order chi connectivity index (χ0) is 15.5. The molecule has 0 saturated carbocycles. The molecule has 118 valence electrons. The second kappa shape index (κ2) is 10.2. The highest BCUT2D eigenvalue weighted by Crippen LogP contribution is 2.10. The van der Waals surface area contributed by atoms with Gasteiger partial charge in [0.2, 0.25) is 5.91 Å². The fraction of sp³-hybridized carbons (Fsp3) is 0.588. The van der Waals surface area contributed by atoms with Crippen LogP contribution in [0.1, 0.15) is 38.7 Å². The first kappa shape index (κ1) is 17.5. The molecule has 1 aromatic carbocycles. The normalized spacial score (nSPS) is 10.7. The van der Waals surface area contributed by atoms with Crippen molar-refractivity contribution in [1.82, 2.24) is 10.2 Å². The fourth-order valence-corrected chi connectivity index (χ4v) is 2.26. The van der Waals surface area contributed by atoms with Gasteiger partial charge in [-0.3, -0.25) is 4.79 Å². The molecule has 0 aromatic heterocycles. The third-order valence-corrected chi connectivity index (χ3v) is 3.38. The average molecular weight is 292 g/mol. The molecule has 21 heavy (non-hydrogen) atoms. The van der Waals surface area contributed by atoms with Crippen LogP contribution in [0.2, 0.25) is 0 Å². The summed E-state index contributed by atoms with van der Waals surface area (Å²) in [5.74, 6) is 0.947. The van der Waals surface area contributed by atoms with E-state index in [1.165, 1.54) is 0 Å². The monoisotopic (exact) mass is 292 g/mol. The van der Waals surface area contributed by atoms with Crippen LogP contribution in [-0.4, -0.2) is 37.6 Å². The fourth-order valence-electron chi connectivity index (χ4n) is 2.26. The third-order valence-electron chi connectivity index (χ3n) is 3.38. The first-order valence-corrected chi connectivity index (χ1v) is 7.81. The van der Waals surface area contributed by atoms with Crippen molar-refractivity contribution in [2.75, 3.05) is 26.7 Å². The summed E-state index contributed by atoms with van der Waals surface area (Å²) in [6, 6.07) is 7.76. The highest BCUT2D eigenvalue weighted by Gasteiger charge is 2.06. The number of nitrogens with one attached hydrogen (secondary N) is 1. The Bertz CT molecular complexity index is 398. The van der Waals surface area contributed by atoms with Gasteiger partial charge < -0.3 is 15.0 Å². The minimum absolute atomic E-state index is 0.114. The number of carbonyl (C=O) groups excluding carboxylic acids is 1. The average Bonchev–Trinajstić information content (AvgIpc) is 2.51. The zero-order valence-electron chi connectivity index (χ0n) is 13.5. The Hall–Kier alpha value is -1.55. The van der Waals surface area contributed by atoms with E-state index in [1.54, 1.807) is 7.11 Å². The Morgan fingerprint density at radius 3 is 2.24 bits per heavy atom. The lowest BCUT2D eigenvalue weighted by Gasteiger charge is -2.20. The minimum Gasteiger partial charge on any atom is -0.497 e. The standard InChI is InChI=1S/C17H28N2O2/c1-4-11-19(12-5-2)13-10-17(20)18-14-15-6-8-16(21-3)9-7-15/h6-9H,4-5,10-14H2,1-3H3,(H,18,20). The van der Waals surface area contributed by atoms with Crippen LogP contribution >= 0.6 is 0 Å². The van der Waals surface area contributed by atoms with Crippen LogP contribution < -0.4 is 10.1 Å². The molecule has 0 saturated heterocycles. The number of rotatable bonds is 10. The lowest BCUT2D eigenvalue weighted by Crippen LogP contribution is -2.31. The van der Waals surface area contributed by atoms with Gasteiger partial charge in [0.15, 0.2) is 0 Å². The second-order valence-electron chi connectivity index (χ2n) is 5.22. The molecule has 0 fully saturated rings. The second-order valence-corrected chi connectivity index (χ2v) is 5.22. The lowest BCUT2D eigenvalue weighted by molar-refractivity contribution is -0.121. The van der Waals surface area contributed by atoms with Crippen molar-refractivity contribution in [2.45, 2.75) is 39.7 Å². The number of ether oxygens (including phenoxy) is 1. The summed E-state index contributed by atoms with van der Waals surface area (Å²) in [5, 5.41) is 2.97. The van der Waals surface area contributed by atoms with Gasteiger partial charge in [0, 0.05) is 19.5 Å². The maximum absolute atomic E-state index is 11.9. The Kier molecular flexibility index (Phi) is 8.51. The molecule has 0 aliphatic heterocycles. The molecule has 0 heterocycles. The van der Waals surface area contributed by atoms with E-state index in [0.29, 0.717) is 13.0 Å². The van der Waals surface area contributed by atoms with E-state index in [9.17, 15) is 4.79 Å². The van der Waals surface area contributed by atoms with Gasteiger partial charge in [-0.2, -0.15) is 0 Å². The third kappa shape index (κ3) is 7.14. The van der Waals surface area contributed by atoms with E-state index in [-0.39, 0.29) is 5.91 Å². The summed E-state index contributed by atoms with van der Waals surface area (Å²) in [7, 11) is 1.65. The van der Waals surface area contributed by atoms with Crippen molar-refractivity contribution in [2.24, 2.45) is 0 Å². The Morgan fingerprint density at radius 2 is 1.71 bits per heavy atom. The highest BCUT2D eigenvalue weighted by molar-refractivity contribution is 5.76. The van der Waals surface area contributed by atoms with Gasteiger partial charge in [-0.1, -0.05) is 26.0 Å². The molecule has 1 N–H and O–H groups in total. The van der Waals surface area contributed by atoms with Crippen LogP contribution in [0, 0.1) is 0 Å². The molecule has 4 nitrogen and oxygen atoms in total. The Labute approximate surface area is 128 Å². The Balaban J connectivity index is 2.29. The topological polar surface area (TPSA) is 41.6 Å². The molecule has 0 atom stereocenters. The van der Waals surface area contributed by atoms with E-state index in [1.807, 2.05) is 24.3 Å². The number of methoxy groups -OCH3 is 1. The zero-order valence-corrected chi connectivity index (χ0v) is 13.5. The smallest absolute Gasteiger partial charge is 0.221 e. The summed E-state index contributed by atoms with van der Waals surface area (Å²) in [4.78, 5) is 14.2. The van der Waals surface area contributed by atoms with E-state index in [4.69, 9.17) is 4.74 Å². The molecule has 0 bridgehead atoms. The van der Waals surface area contributed by atoms with E-state index in [0.717, 1.165) is 43.8 Å². The molecule has 0 radical (unpaired) electrons. The van der Waals surface area contributed by atoms with Crippen LogP contribution in [0.25, 0.3) is 0 Å². The molecule has 1 aromatic rings. The highest BCUT2D eigenvalue weighted by atomic mass is 16.5. The molecular weight excluding hydrogens is 264 g/mol. The summed E-state index contributed by atoms with van der Waals surface area (Å²) in [6.45, 7) is 7.90. The molecule has 0 aliphatic rings. The number of benzene rings is 1. The van der Waals surface area contributed by atoms with Gasteiger partial charge >= 0.3 is 0 Å². The molecule has 0 unspecified atom stereocenters. The largest absolute Gasteiger partial charge is 0.497 e. The number of amides is 1. The number of hydrogen-bond acceptors (Lipinski definition) is 3. The first-order valence-electron chi connectivity index (χ1n) is 7.81. The van der Waals surface area contributed by atoms with Crippen molar-refractivity contribution in [3.63, 3.8) is 0 Å². The lowest BCUT2D eigenvalue weighted by atomic mass is 10.2. The van der Waals surface area contributed by atoms with Crippen molar-refractivity contribution in [3.8, 4) is 5.75 Å². The molecule has 0 aliphatic carbocycles. The van der Waals surface area contributed by atoms with Crippen LogP contribution in [-0.2, 0) is 11.3 Å². The summed E-state index contributed by atoms with van der Waals surface area (Å²) >= 11 is 0. The predicted molar refractivity (Wildman–Crippen MR) is 86.5 cm³/mol. The van der Waals surface area contributed by atoms with Crippen LogP contribution in [0.3, 0.4) is 0 Å². The van der Waals surface area contributed by atoms with E-state index >= 15 is 0 Å². The minimum atomic E-state index is 0.114. The van der Waals surface area contributed by atoms with Crippen LogP contribution in [0.4, 0.5) is 0 Å².